The fourth-order valence-electron chi connectivity index (χ4n) is 6.63. The SMILES string of the molecule is COCC1=C(C(=O)OC)[C@H](c2ccc(F)c(F)c2)N(C(=O)NCC2CCN(C3CCN(c4ccccc4C#N)CC3)CC2)C(=O)N1. The normalized spacial score (nSPS) is 19.9. The van der Waals surface area contributed by atoms with Crippen LogP contribution < -0.4 is 15.5 Å². The third kappa shape index (κ3) is 6.98. The number of likely N-dealkylation sites (tertiary alicyclic amines) is 1. The van der Waals surface area contributed by atoms with Crippen LogP contribution in [0, 0.1) is 28.9 Å². The average molecular weight is 637 g/mol. The number of carbonyl (C=O) groups is 3. The highest BCUT2D eigenvalue weighted by Gasteiger charge is 2.43. The lowest BCUT2D eigenvalue weighted by molar-refractivity contribution is -0.137. The van der Waals surface area contributed by atoms with Gasteiger partial charge in [-0.05, 0) is 74.5 Å². The molecule has 3 heterocycles. The molecule has 11 nitrogen and oxygen atoms in total. The third-order valence-corrected chi connectivity index (χ3v) is 9.04. The van der Waals surface area contributed by atoms with E-state index in [0.29, 0.717) is 18.2 Å². The fraction of sp³-hybridized carbons (Fsp3) is 0.455. The highest BCUT2D eigenvalue weighted by atomic mass is 19.2. The maximum Gasteiger partial charge on any atom is 0.338 e. The number of urea groups is 2. The first-order valence-corrected chi connectivity index (χ1v) is 15.4. The molecule has 3 aliphatic rings. The van der Waals surface area contributed by atoms with Gasteiger partial charge in [0.1, 0.15) is 12.1 Å². The second-order valence-corrected chi connectivity index (χ2v) is 11.7. The number of benzene rings is 2. The largest absolute Gasteiger partial charge is 0.466 e. The maximum absolute atomic E-state index is 14.3. The van der Waals surface area contributed by atoms with Crippen LogP contribution in [0.5, 0.6) is 0 Å². The monoisotopic (exact) mass is 636 g/mol. The van der Waals surface area contributed by atoms with E-state index in [1.807, 2.05) is 24.3 Å². The molecule has 0 radical (unpaired) electrons. The Morgan fingerprint density at radius 2 is 1.74 bits per heavy atom. The van der Waals surface area contributed by atoms with Crippen LogP contribution in [0.25, 0.3) is 0 Å². The van der Waals surface area contributed by atoms with Gasteiger partial charge in [-0.1, -0.05) is 18.2 Å². The summed E-state index contributed by atoms with van der Waals surface area (Å²) < 4.78 is 38.2. The lowest BCUT2D eigenvalue weighted by Crippen LogP contribution is -2.56. The van der Waals surface area contributed by atoms with Crippen molar-refractivity contribution in [3.63, 3.8) is 0 Å². The van der Waals surface area contributed by atoms with Crippen LogP contribution in [0.2, 0.25) is 0 Å². The van der Waals surface area contributed by atoms with E-state index in [0.717, 1.165) is 81.7 Å². The lowest BCUT2D eigenvalue weighted by atomic mass is 9.92. The van der Waals surface area contributed by atoms with Crippen molar-refractivity contribution in [3.05, 3.63) is 76.5 Å². The van der Waals surface area contributed by atoms with Crippen LogP contribution in [0.1, 0.15) is 42.9 Å². The molecule has 2 aromatic rings. The maximum atomic E-state index is 14.3. The number of anilines is 1. The molecule has 3 aliphatic heterocycles. The van der Waals surface area contributed by atoms with E-state index in [4.69, 9.17) is 9.47 Å². The number of halogens is 2. The smallest absolute Gasteiger partial charge is 0.338 e. The Labute approximate surface area is 266 Å². The van der Waals surface area contributed by atoms with E-state index >= 15 is 0 Å². The van der Waals surface area contributed by atoms with Gasteiger partial charge in [-0.3, -0.25) is 0 Å². The van der Waals surface area contributed by atoms with Gasteiger partial charge < -0.3 is 29.9 Å². The van der Waals surface area contributed by atoms with Gasteiger partial charge in [0.05, 0.1) is 36.2 Å². The number of methoxy groups -OCH3 is 2. The van der Waals surface area contributed by atoms with Gasteiger partial charge in [-0.15, -0.1) is 0 Å². The van der Waals surface area contributed by atoms with E-state index < -0.39 is 35.7 Å². The summed E-state index contributed by atoms with van der Waals surface area (Å²) in [5.41, 5.74) is 1.63. The second-order valence-electron chi connectivity index (χ2n) is 11.7. The molecule has 0 spiro atoms. The summed E-state index contributed by atoms with van der Waals surface area (Å²) in [6.45, 7) is 3.62. The molecular weight excluding hydrogens is 598 g/mol. The van der Waals surface area contributed by atoms with Gasteiger partial charge in [0.25, 0.3) is 0 Å². The molecule has 0 aromatic heterocycles. The summed E-state index contributed by atoms with van der Waals surface area (Å²) >= 11 is 0. The molecular formula is C33H38F2N6O5. The number of nitrogens with zero attached hydrogens (tertiary/aromatic N) is 4. The molecule has 0 bridgehead atoms. The number of hydrogen-bond acceptors (Lipinski definition) is 8. The molecule has 5 rings (SSSR count). The van der Waals surface area contributed by atoms with E-state index in [1.54, 1.807) is 0 Å². The van der Waals surface area contributed by atoms with Crippen molar-refractivity contribution in [2.75, 3.05) is 58.5 Å². The van der Waals surface area contributed by atoms with E-state index in [2.05, 4.69) is 26.5 Å². The highest BCUT2D eigenvalue weighted by molar-refractivity contribution is 6.01. The summed E-state index contributed by atoms with van der Waals surface area (Å²) in [5.74, 6) is -2.99. The number of carbonyl (C=O) groups excluding carboxylic acids is 3. The van der Waals surface area contributed by atoms with Gasteiger partial charge in [-0.2, -0.15) is 5.26 Å². The standard InChI is InChI=1S/C33H38F2N6O5/c1-45-20-27-29(31(42)46-2)30(22-7-8-25(34)26(35)17-22)41(33(44)38-27)32(43)37-19-21-9-13-39(14-10-21)24-11-15-40(16-12-24)28-6-4-3-5-23(28)18-36/h3-8,17,21,24,30H,9-16,19-20H2,1-2H3,(H,37,43)(H,38,44)/t30-/m0/s1. The average Bonchev–Trinajstić information content (AvgIpc) is 3.08. The number of imide groups is 1. The Hall–Kier alpha value is -4.54. The number of para-hydroxylation sites is 1. The Morgan fingerprint density at radius 1 is 1.02 bits per heavy atom. The van der Waals surface area contributed by atoms with Crippen molar-refractivity contribution in [2.45, 2.75) is 37.8 Å². The number of piperidine rings is 2. The number of esters is 1. The Balaban J connectivity index is 1.21. The topological polar surface area (TPSA) is 127 Å². The molecule has 4 amide bonds. The quantitative estimate of drug-likeness (QED) is 0.416. The van der Waals surface area contributed by atoms with Gasteiger partial charge in [0, 0.05) is 32.8 Å². The van der Waals surface area contributed by atoms with Crippen molar-refractivity contribution < 1.29 is 32.6 Å². The van der Waals surface area contributed by atoms with Crippen LogP contribution in [-0.4, -0.2) is 87.4 Å². The minimum Gasteiger partial charge on any atom is -0.466 e. The fourth-order valence-corrected chi connectivity index (χ4v) is 6.63. The Kier molecular flexibility index (Phi) is 10.5. The number of rotatable bonds is 8. The Bertz CT molecular complexity index is 1530. The number of nitriles is 1. The molecule has 1 atom stereocenters. The Morgan fingerprint density at radius 3 is 2.39 bits per heavy atom. The summed E-state index contributed by atoms with van der Waals surface area (Å²) in [6.07, 6.45) is 3.69. The molecule has 2 fully saturated rings. The third-order valence-electron chi connectivity index (χ3n) is 9.04. The number of amides is 4. The number of nitrogens with one attached hydrogen (secondary N) is 2. The highest BCUT2D eigenvalue weighted by Crippen LogP contribution is 2.35. The van der Waals surface area contributed by atoms with Crippen molar-refractivity contribution in [1.82, 2.24) is 20.4 Å². The van der Waals surface area contributed by atoms with Gasteiger partial charge in [0.2, 0.25) is 0 Å². The van der Waals surface area contributed by atoms with Crippen LogP contribution in [0.15, 0.2) is 53.7 Å². The molecule has 2 saturated heterocycles. The second kappa shape index (κ2) is 14.7. The van der Waals surface area contributed by atoms with Crippen LogP contribution in [0.4, 0.5) is 24.1 Å². The zero-order valence-electron chi connectivity index (χ0n) is 25.9. The molecule has 0 unspecified atom stereocenters. The van der Waals surface area contributed by atoms with Crippen LogP contribution in [0.3, 0.4) is 0 Å². The van der Waals surface area contributed by atoms with Crippen molar-refractivity contribution in [1.29, 1.82) is 5.26 Å². The first-order chi connectivity index (χ1) is 22.2. The van der Waals surface area contributed by atoms with Crippen molar-refractivity contribution in [2.24, 2.45) is 5.92 Å². The predicted octanol–water partition coefficient (Wildman–Crippen LogP) is 4.07. The molecule has 13 heteroatoms. The minimum atomic E-state index is -1.38. The summed E-state index contributed by atoms with van der Waals surface area (Å²) in [7, 11) is 2.51. The van der Waals surface area contributed by atoms with Crippen molar-refractivity contribution >= 4 is 23.7 Å². The molecule has 0 aliphatic carbocycles. The van der Waals surface area contributed by atoms with E-state index in [9.17, 15) is 28.4 Å². The van der Waals surface area contributed by atoms with Gasteiger partial charge in [-0.25, -0.2) is 28.1 Å². The summed E-state index contributed by atoms with van der Waals surface area (Å²) in [5, 5.41) is 14.8. The van der Waals surface area contributed by atoms with Crippen LogP contribution in [-0.2, 0) is 14.3 Å². The minimum absolute atomic E-state index is 0.0216. The van der Waals surface area contributed by atoms with Gasteiger partial charge >= 0.3 is 18.0 Å². The first kappa shape index (κ1) is 32.8. The van der Waals surface area contributed by atoms with Crippen LogP contribution >= 0.6 is 0 Å². The molecule has 2 aromatic carbocycles. The zero-order valence-corrected chi connectivity index (χ0v) is 25.9. The molecule has 244 valence electrons. The van der Waals surface area contributed by atoms with Crippen molar-refractivity contribution in [3.8, 4) is 6.07 Å². The molecule has 2 N–H and O–H groups in total. The molecule has 46 heavy (non-hydrogen) atoms. The predicted molar refractivity (Wildman–Crippen MR) is 164 cm³/mol. The number of hydrogen-bond donors (Lipinski definition) is 2. The van der Waals surface area contributed by atoms with E-state index in [1.165, 1.54) is 13.2 Å². The summed E-state index contributed by atoms with van der Waals surface area (Å²) in [4.78, 5) is 45.3. The zero-order chi connectivity index (χ0) is 32.8. The molecule has 0 saturated carbocycles. The number of ether oxygens (including phenoxy) is 2. The summed E-state index contributed by atoms with van der Waals surface area (Å²) in [6, 6.07) is 10.4. The first-order valence-electron chi connectivity index (χ1n) is 15.4. The van der Waals surface area contributed by atoms with Gasteiger partial charge in [0.15, 0.2) is 11.6 Å². The van der Waals surface area contributed by atoms with E-state index in [-0.39, 0.29) is 29.4 Å². The lowest BCUT2D eigenvalue weighted by Gasteiger charge is -2.42.